The van der Waals surface area contributed by atoms with Gasteiger partial charge in [0.05, 0.1) is 17.1 Å². The van der Waals surface area contributed by atoms with Crippen LogP contribution in [0.15, 0.2) is 48.0 Å². The van der Waals surface area contributed by atoms with Crippen LogP contribution in [0.1, 0.15) is 18.2 Å². The number of carbonyl (C=O) groups is 1. The molecule has 0 atom stereocenters. The third-order valence-electron chi connectivity index (χ3n) is 3.50. The van der Waals surface area contributed by atoms with Crippen LogP contribution < -0.4 is 10.6 Å². The van der Waals surface area contributed by atoms with Crippen molar-refractivity contribution in [3.8, 4) is 0 Å². The van der Waals surface area contributed by atoms with E-state index in [1.807, 2.05) is 29.6 Å². The third-order valence-corrected chi connectivity index (χ3v) is 4.53. The summed E-state index contributed by atoms with van der Waals surface area (Å²) in [4.78, 5) is 20.7. The summed E-state index contributed by atoms with van der Waals surface area (Å²) in [5.41, 5.74) is 2.74. The number of rotatable bonds is 6. The van der Waals surface area contributed by atoms with Crippen molar-refractivity contribution in [2.24, 2.45) is 0 Å². The highest BCUT2D eigenvalue weighted by molar-refractivity contribution is 7.13. The van der Waals surface area contributed by atoms with E-state index in [0.29, 0.717) is 21.7 Å². The normalized spacial score (nSPS) is 10.5. The summed E-state index contributed by atoms with van der Waals surface area (Å²) >= 11 is 7.24. The van der Waals surface area contributed by atoms with Crippen LogP contribution in [0.2, 0.25) is 5.02 Å². The Hall–Kier alpha value is -2.44. The molecule has 0 saturated carbocycles. The molecule has 5 nitrogen and oxygen atoms in total. The molecule has 0 aliphatic carbocycles. The van der Waals surface area contributed by atoms with Gasteiger partial charge in [0, 0.05) is 17.3 Å². The van der Waals surface area contributed by atoms with E-state index < -0.39 is 0 Å². The average Bonchev–Trinajstić information content (AvgIpc) is 3.04. The largest absolute Gasteiger partial charge is 0.326 e. The molecule has 1 amide bonds. The van der Waals surface area contributed by atoms with Gasteiger partial charge in [0.15, 0.2) is 5.13 Å². The maximum absolute atomic E-state index is 12.1. The fourth-order valence-corrected chi connectivity index (χ4v) is 3.03. The molecule has 0 unspecified atom stereocenters. The van der Waals surface area contributed by atoms with Gasteiger partial charge in [-0.25, -0.2) is 9.97 Å². The van der Waals surface area contributed by atoms with Crippen LogP contribution in [0.3, 0.4) is 0 Å². The predicted molar refractivity (Wildman–Crippen MR) is 103 cm³/mol. The number of aryl methyl sites for hydroxylation is 1. The topological polar surface area (TPSA) is 66.9 Å². The van der Waals surface area contributed by atoms with E-state index in [4.69, 9.17) is 11.6 Å². The quantitative estimate of drug-likeness (QED) is 0.659. The van der Waals surface area contributed by atoms with E-state index in [1.54, 1.807) is 18.3 Å². The molecule has 0 radical (unpaired) electrons. The number of thiazole rings is 1. The lowest BCUT2D eigenvalue weighted by Gasteiger charge is -2.05. The Morgan fingerprint density at radius 1 is 1.20 bits per heavy atom. The average molecular weight is 373 g/mol. The molecule has 128 valence electrons. The van der Waals surface area contributed by atoms with Crippen molar-refractivity contribution in [2.75, 3.05) is 10.6 Å². The Bertz CT molecular complexity index is 846. The van der Waals surface area contributed by atoms with Crippen LogP contribution in [-0.2, 0) is 17.6 Å². The molecule has 2 heterocycles. The molecule has 0 aliphatic rings. The molecule has 3 aromatic rings. The zero-order chi connectivity index (χ0) is 17.6. The van der Waals surface area contributed by atoms with Crippen LogP contribution in [-0.4, -0.2) is 15.9 Å². The molecule has 0 saturated heterocycles. The van der Waals surface area contributed by atoms with Gasteiger partial charge in [-0.2, -0.15) is 0 Å². The highest BCUT2D eigenvalue weighted by Crippen LogP contribution is 2.21. The van der Waals surface area contributed by atoms with Gasteiger partial charge in [0.1, 0.15) is 5.82 Å². The van der Waals surface area contributed by atoms with Gasteiger partial charge >= 0.3 is 0 Å². The van der Waals surface area contributed by atoms with Crippen LogP contribution in [0.5, 0.6) is 0 Å². The number of pyridine rings is 1. The second-order valence-corrected chi connectivity index (χ2v) is 6.70. The van der Waals surface area contributed by atoms with E-state index >= 15 is 0 Å². The monoisotopic (exact) mass is 372 g/mol. The number of anilines is 3. The highest BCUT2D eigenvalue weighted by atomic mass is 35.5. The summed E-state index contributed by atoms with van der Waals surface area (Å²) in [6.07, 6.45) is 2.77. The number of nitrogens with one attached hydrogen (secondary N) is 2. The lowest BCUT2D eigenvalue weighted by molar-refractivity contribution is -0.115. The third kappa shape index (κ3) is 5.01. The van der Waals surface area contributed by atoms with Gasteiger partial charge < -0.3 is 10.6 Å². The Morgan fingerprint density at radius 2 is 2.00 bits per heavy atom. The molecule has 0 spiro atoms. The molecule has 0 fully saturated rings. The van der Waals surface area contributed by atoms with Crippen molar-refractivity contribution in [3.05, 3.63) is 64.3 Å². The fraction of sp³-hybridized carbons (Fsp3) is 0.167. The van der Waals surface area contributed by atoms with Crippen molar-refractivity contribution in [1.82, 2.24) is 9.97 Å². The summed E-state index contributed by atoms with van der Waals surface area (Å²) in [6, 6.07) is 11.4. The molecular formula is C18H17ClN4OS. The van der Waals surface area contributed by atoms with Crippen LogP contribution >= 0.6 is 22.9 Å². The lowest BCUT2D eigenvalue weighted by atomic mass is 10.1. The summed E-state index contributed by atoms with van der Waals surface area (Å²) in [5, 5.41) is 9.10. The SMILES string of the molecule is CCc1ccc(NC(=O)Cc2csc(Nc3ccc(Cl)cn3)n2)cc1. The van der Waals surface area contributed by atoms with Gasteiger partial charge in [-0.3, -0.25) is 4.79 Å². The predicted octanol–water partition coefficient (Wildman–Crippen LogP) is 4.68. The number of carbonyl (C=O) groups excluding carboxylic acids is 1. The van der Waals surface area contributed by atoms with E-state index in [-0.39, 0.29) is 12.3 Å². The second kappa shape index (κ2) is 8.09. The Labute approximate surface area is 155 Å². The first-order chi connectivity index (χ1) is 12.1. The van der Waals surface area contributed by atoms with E-state index in [1.165, 1.54) is 16.9 Å². The number of nitrogens with zero attached hydrogens (tertiary/aromatic N) is 2. The molecule has 3 rings (SSSR count). The molecule has 1 aromatic carbocycles. The van der Waals surface area contributed by atoms with Crippen molar-refractivity contribution in [3.63, 3.8) is 0 Å². The zero-order valence-electron chi connectivity index (χ0n) is 13.6. The highest BCUT2D eigenvalue weighted by Gasteiger charge is 2.09. The van der Waals surface area contributed by atoms with Crippen molar-refractivity contribution in [1.29, 1.82) is 0 Å². The minimum Gasteiger partial charge on any atom is -0.326 e. The Balaban J connectivity index is 1.56. The summed E-state index contributed by atoms with van der Waals surface area (Å²) in [7, 11) is 0. The first-order valence-electron chi connectivity index (χ1n) is 7.84. The molecular weight excluding hydrogens is 356 g/mol. The first-order valence-corrected chi connectivity index (χ1v) is 9.10. The number of amides is 1. The van der Waals surface area contributed by atoms with Crippen molar-refractivity contribution < 1.29 is 4.79 Å². The molecule has 2 N–H and O–H groups in total. The standard InChI is InChI=1S/C18H17ClN4OS/c1-2-12-3-6-14(7-4-12)21-17(24)9-15-11-25-18(22-15)23-16-8-5-13(19)10-20-16/h3-8,10-11H,2,9H2,1H3,(H,21,24)(H,20,22,23). The van der Waals surface area contributed by atoms with Gasteiger partial charge in [0.2, 0.25) is 5.91 Å². The maximum atomic E-state index is 12.1. The molecule has 0 aliphatic heterocycles. The van der Waals surface area contributed by atoms with Crippen LogP contribution in [0.25, 0.3) is 0 Å². The van der Waals surface area contributed by atoms with E-state index in [0.717, 1.165) is 12.1 Å². The second-order valence-electron chi connectivity index (χ2n) is 5.41. The number of hydrogen-bond donors (Lipinski definition) is 2. The van der Waals surface area contributed by atoms with E-state index in [9.17, 15) is 4.79 Å². The lowest BCUT2D eigenvalue weighted by Crippen LogP contribution is -2.14. The summed E-state index contributed by atoms with van der Waals surface area (Å²) in [6.45, 7) is 2.10. The zero-order valence-corrected chi connectivity index (χ0v) is 15.2. The molecule has 25 heavy (non-hydrogen) atoms. The van der Waals surface area contributed by atoms with Crippen LogP contribution in [0, 0.1) is 0 Å². The number of aromatic nitrogens is 2. The van der Waals surface area contributed by atoms with Crippen molar-refractivity contribution >= 4 is 45.5 Å². The van der Waals surface area contributed by atoms with Gasteiger partial charge in [-0.15, -0.1) is 11.3 Å². The molecule has 0 bridgehead atoms. The van der Waals surface area contributed by atoms with E-state index in [2.05, 4.69) is 27.5 Å². The van der Waals surface area contributed by atoms with Gasteiger partial charge in [-0.05, 0) is 36.2 Å². The first kappa shape index (κ1) is 17.4. The van der Waals surface area contributed by atoms with Gasteiger partial charge in [0.25, 0.3) is 0 Å². The number of halogens is 1. The fourth-order valence-electron chi connectivity index (χ4n) is 2.20. The number of benzene rings is 1. The van der Waals surface area contributed by atoms with Gasteiger partial charge in [-0.1, -0.05) is 30.7 Å². The summed E-state index contributed by atoms with van der Waals surface area (Å²) in [5.74, 6) is 0.566. The van der Waals surface area contributed by atoms with Crippen molar-refractivity contribution in [2.45, 2.75) is 19.8 Å². The maximum Gasteiger partial charge on any atom is 0.230 e. The van der Waals surface area contributed by atoms with Crippen LogP contribution in [0.4, 0.5) is 16.6 Å². The smallest absolute Gasteiger partial charge is 0.230 e. The molecule has 7 heteroatoms. The minimum atomic E-state index is -0.0919. The Kier molecular flexibility index (Phi) is 5.63. The summed E-state index contributed by atoms with van der Waals surface area (Å²) < 4.78 is 0. The molecule has 2 aromatic heterocycles. The Morgan fingerprint density at radius 3 is 2.68 bits per heavy atom. The number of hydrogen-bond acceptors (Lipinski definition) is 5. The minimum absolute atomic E-state index is 0.0919.